The third kappa shape index (κ3) is 3.54. The fourth-order valence-corrected chi connectivity index (χ4v) is 4.25. The van der Waals surface area contributed by atoms with E-state index < -0.39 is 0 Å². The number of aromatic amines is 1. The molecule has 0 radical (unpaired) electrons. The van der Waals surface area contributed by atoms with Crippen molar-refractivity contribution in [3.05, 3.63) is 62.7 Å². The van der Waals surface area contributed by atoms with E-state index in [4.69, 9.17) is 0 Å². The van der Waals surface area contributed by atoms with Crippen molar-refractivity contribution in [2.24, 2.45) is 0 Å². The molecule has 1 aliphatic heterocycles. The van der Waals surface area contributed by atoms with Crippen LogP contribution < -0.4 is 10.5 Å². The van der Waals surface area contributed by atoms with Crippen molar-refractivity contribution in [3.63, 3.8) is 0 Å². The number of rotatable bonds is 4. The number of nitrogens with one attached hydrogen (secondary N) is 2. The molecular weight excluding hydrogens is 348 g/mol. The SMILES string of the molecule is O=C(Cc1n[nH]c(=O)c2ccccc12)N1CC[NH+](Cc2cccs2)CC1. The van der Waals surface area contributed by atoms with Crippen LogP contribution in [0, 0.1) is 0 Å². The normalized spacial score (nSPS) is 15.5. The minimum Gasteiger partial charge on any atom is -0.331 e. The Morgan fingerprint density at radius 3 is 2.65 bits per heavy atom. The van der Waals surface area contributed by atoms with Gasteiger partial charge >= 0.3 is 0 Å². The number of H-pyrrole nitrogens is 1. The van der Waals surface area contributed by atoms with E-state index in [2.05, 4.69) is 27.7 Å². The van der Waals surface area contributed by atoms with Gasteiger partial charge in [-0.25, -0.2) is 5.10 Å². The summed E-state index contributed by atoms with van der Waals surface area (Å²) in [5, 5.41) is 10.1. The molecule has 4 rings (SSSR count). The van der Waals surface area contributed by atoms with Crippen LogP contribution in [0.25, 0.3) is 10.8 Å². The van der Waals surface area contributed by atoms with E-state index in [1.54, 1.807) is 17.4 Å². The zero-order valence-electron chi connectivity index (χ0n) is 14.4. The Bertz CT molecular complexity index is 959. The van der Waals surface area contributed by atoms with Gasteiger partial charge in [-0.3, -0.25) is 9.59 Å². The molecule has 0 atom stereocenters. The van der Waals surface area contributed by atoms with Crippen molar-refractivity contribution in [2.75, 3.05) is 26.2 Å². The molecule has 134 valence electrons. The van der Waals surface area contributed by atoms with E-state index in [9.17, 15) is 9.59 Å². The third-order valence-electron chi connectivity index (χ3n) is 4.92. The zero-order chi connectivity index (χ0) is 17.9. The molecule has 0 spiro atoms. The molecule has 3 aromatic rings. The molecule has 0 aliphatic carbocycles. The van der Waals surface area contributed by atoms with Gasteiger partial charge in [-0.15, -0.1) is 11.3 Å². The fraction of sp³-hybridized carbons (Fsp3) is 0.316. The summed E-state index contributed by atoms with van der Waals surface area (Å²) in [6.07, 6.45) is 0.220. The van der Waals surface area contributed by atoms with Crippen LogP contribution in [-0.2, 0) is 17.8 Å². The summed E-state index contributed by atoms with van der Waals surface area (Å²) < 4.78 is 0. The molecule has 6 nitrogen and oxygen atoms in total. The minimum atomic E-state index is -0.220. The van der Waals surface area contributed by atoms with E-state index in [1.807, 2.05) is 23.1 Å². The van der Waals surface area contributed by atoms with Gasteiger partial charge in [0.15, 0.2) is 0 Å². The number of carbonyl (C=O) groups excluding carboxylic acids is 1. The molecule has 0 saturated carbocycles. The maximum absolute atomic E-state index is 12.7. The molecule has 1 aliphatic rings. The standard InChI is InChI=1S/C19H20N4O2S/c24-18(12-17-15-5-1-2-6-16(15)19(25)21-20-17)23-9-7-22(8-10-23)13-14-4-3-11-26-14/h1-6,11H,7-10,12-13H2,(H,21,25)/p+1. The van der Waals surface area contributed by atoms with Gasteiger partial charge in [0.25, 0.3) is 5.56 Å². The van der Waals surface area contributed by atoms with Crippen molar-refractivity contribution < 1.29 is 9.69 Å². The highest BCUT2D eigenvalue weighted by molar-refractivity contribution is 7.09. The van der Waals surface area contributed by atoms with Gasteiger partial charge in [0, 0.05) is 5.39 Å². The summed E-state index contributed by atoms with van der Waals surface area (Å²) in [7, 11) is 0. The maximum atomic E-state index is 12.7. The second kappa shape index (κ2) is 7.39. The number of benzene rings is 1. The molecule has 3 heterocycles. The molecular formula is C19H21N4O2S+. The smallest absolute Gasteiger partial charge is 0.272 e. The number of nitrogens with zero attached hydrogens (tertiary/aromatic N) is 2. The average molecular weight is 369 g/mol. The number of quaternary nitrogens is 1. The molecule has 2 aromatic heterocycles. The first-order valence-corrected chi connectivity index (χ1v) is 9.69. The van der Waals surface area contributed by atoms with Crippen molar-refractivity contribution in [1.29, 1.82) is 0 Å². The van der Waals surface area contributed by atoms with E-state index in [0.29, 0.717) is 11.1 Å². The predicted molar refractivity (Wildman–Crippen MR) is 101 cm³/mol. The Morgan fingerprint density at radius 2 is 1.92 bits per heavy atom. The molecule has 1 fully saturated rings. The van der Waals surface area contributed by atoms with Crippen molar-refractivity contribution in [2.45, 2.75) is 13.0 Å². The number of aromatic nitrogens is 2. The van der Waals surface area contributed by atoms with Crippen LogP contribution in [0.3, 0.4) is 0 Å². The van der Waals surface area contributed by atoms with E-state index in [1.165, 1.54) is 9.78 Å². The van der Waals surface area contributed by atoms with Crippen LogP contribution in [0.15, 0.2) is 46.6 Å². The van der Waals surface area contributed by atoms with Gasteiger partial charge < -0.3 is 9.80 Å². The highest BCUT2D eigenvalue weighted by Gasteiger charge is 2.24. The molecule has 0 bridgehead atoms. The Hall–Kier alpha value is -2.51. The summed E-state index contributed by atoms with van der Waals surface area (Å²) in [6, 6.07) is 11.5. The third-order valence-corrected chi connectivity index (χ3v) is 5.80. The van der Waals surface area contributed by atoms with Gasteiger partial charge in [-0.1, -0.05) is 24.3 Å². The van der Waals surface area contributed by atoms with E-state index in [-0.39, 0.29) is 17.9 Å². The maximum Gasteiger partial charge on any atom is 0.272 e. The monoisotopic (exact) mass is 369 g/mol. The number of piperazine rings is 1. The van der Waals surface area contributed by atoms with Crippen molar-refractivity contribution >= 4 is 28.0 Å². The molecule has 1 aromatic carbocycles. The fourth-order valence-electron chi connectivity index (χ4n) is 3.47. The molecule has 2 N–H and O–H groups in total. The number of amides is 1. The molecule has 1 saturated heterocycles. The molecule has 1 amide bonds. The first-order valence-electron chi connectivity index (χ1n) is 8.81. The van der Waals surface area contributed by atoms with Crippen LogP contribution in [0.2, 0.25) is 0 Å². The first kappa shape index (κ1) is 16.9. The Morgan fingerprint density at radius 1 is 1.15 bits per heavy atom. The number of fused-ring (bicyclic) bond motifs is 1. The molecule has 26 heavy (non-hydrogen) atoms. The van der Waals surface area contributed by atoms with Gasteiger partial charge in [-0.2, -0.15) is 5.10 Å². The number of carbonyl (C=O) groups is 1. The highest BCUT2D eigenvalue weighted by Crippen LogP contribution is 2.14. The van der Waals surface area contributed by atoms with Gasteiger partial charge in [-0.05, 0) is 17.5 Å². The Labute approximate surface area is 155 Å². The number of hydrogen-bond donors (Lipinski definition) is 2. The van der Waals surface area contributed by atoms with Crippen LogP contribution in [-0.4, -0.2) is 47.2 Å². The highest BCUT2D eigenvalue weighted by atomic mass is 32.1. The summed E-state index contributed by atoms with van der Waals surface area (Å²) in [5.41, 5.74) is 0.418. The number of hydrogen-bond acceptors (Lipinski definition) is 4. The Balaban J connectivity index is 1.40. The summed E-state index contributed by atoms with van der Waals surface area (Å²) >= 11 is 1.79. The van der Waals surface area contributed by atoms with Gasteiger partial charge in [0.2, 0.25) is 5.91 Å². The lowest BCUT2D eigenvalue weighted by Crippen LogP contribution is -3.13. The second-order valence-electron chi connectivity index (χ2n) is 6.61. The predicted octanol–water partition coefficient (Wildman–Crippen LogP) is 0.454. The first-order chi connectivity index (χ1) is 12.7. The topological polar surface area (TPSA) is 70.5 Å². The zero-order valence-corrected chi connectivity index (χ0v) is 15.2. The van der Waals surface area contributed by atoms with Crippen LogP contribution in [0.4, 0.5) is 0 Å². The second-order valence-corrected chi connectivity index (χ2v) is 7.64. The van der Waals surface area contributed by atoms with Crippen molar-refractivity contribution in [1.82, 2.24) is 15.1 Å². The lowest BCUT2D eigenvalue weighted by Gasteiger charge is -2.32. The van der Waals surface area contributed by atoms with E-state index in [0.717, 1.165) is 38.1 Å². The Kier molecular flexibility index (Phi) is 4.81. The quantitative estimate of drug-likeness (QED) is 0.702. The summed E-state index contributed by atoms with van der Waals surface area (Å²) in [4.78, 5) is 29.4. The summed E-state index contributed by atoms with van der Waals surface area (Å²) in [6.45, 7) is 4.49. The lowest BCUT2D eigenvalue weighted by atomic mass is 10.1. The largest absolute Gasteiger partial charge is 0.331 e. The van der Waals surface area contributed by atoms with Gasteiger partial charge in [0.05, 0.1) is 48.6 Å². The summed E-state index contributed by atoms with van der Waals surface area (Å²) in [5.74, 6) is 0.0740. The van der Waals surface area contributed by atoms with Crippen molar-refractivity contribution in [3.8, 4) is 0 Å². The lowest BCUT2D eigenvalue weighted by molar-refractivity contribution is -0.917. The average Bonchev–Trinajstić information content (AvgIpc) is 3.18. The van der Waals surface area contributed by atoms with Crippen LogP contribution in [0.5, 0.6) is 0 Å². The molecule has 7 heteroatoms. The number of thiophene rings is 1. The van der Waals surface area contributed by atoms with E-state index >= 15 is 0 Å². The van der Waals surface area contributed by atoms with Crippen LogP contribution >= 0.6 is 11.3 Å². The minimum absolute atomic E-state index is 0.0740. The molecule has 0 unspecified atom stereocenters. The van der Waals surface area contributed by atoms with Gasteiger partial charge in [0.1, 0.15) is 6.54 Å². The van der Waals surface area contributed by atoms with Crippen LogP contribution in [0.1, 0.15) is 10.6 Å².